The van der Waals surface area contributed by atoms with Crippen LogP contribution in [-0.4, -0.2) is 44.7 Å². The number of carbonyl (C=O) groups excluding carboxylic acids is 2. The number of ether oxygens (including phenoxy) is 1. The van der Waals surface area contributed by atoms with E-state index >= 15 is 0 Å². The molecule has 9 nitrogen and oxygen atoms in total. The number of nitrogens with one attached hydrogen (secondary N) is 1. The predicted octanol–water partition coefficient (Wildman–Crippen LogP) is 3.39. The van der Waals surface area contributed by atoms with E-state index in [1.165, 1.54) is 18.7 Å². The van der Waals surface area contributed by atoms with Gasteiger partial charge in [0.25, 0.3) is 18.2 Å². The quantitative estimate of drug-likeness (QED) is 0.596. The number of alkyl halides is 2. The minimum Gasteiger partial charge on any atom is -0.486 e. The van der Waals surface area contributed by atoms with Gasteiger partial charge in [-0.3, -0.25) is 14.6 Å². The Hall–Kier alpha value is -3.89. The van der Waals surface area contributed by atoms with E-state index in [1.807, 2.05) is 6.92 Å². The van der Waals surface area contributed by atoms with Crippen molar-refractivity contribution in [3.63, 3.8) is 0 Å². The van der Waals surface area contributed by atoms with Crippen LogP contribution in [0.4, 0.5) is 14.6 Å². The molecule has 0 saturated heterocycles. The number of carbonyl (C=O) groups is 2. The van der Waals surface area contributed by atoms with Crippen LogP contribution >= 0.6 is 0 Å². The number of hydrogen-bond donors (Lipinski definition) is 1. The predicted molar refractivity (Wildman–Crippen MR) is 107 cm³/mol. The average molecular weight is 443 g/mol. The highest BCUT2D eigenvalue weighted by atomic mass is 19.3. The number of pyridine rings is 2. The molecule has 0 spiro atoms. The smallest absolute Gasteiger partial charge is 0.278 e. The van der Waals surface area contributed by atoms with Crippen molar-refractivity contribution >= 4 is 17.6 Å². The zero-order valence-corrected chi connectivity index (χ0v) is 17.2. The number of fused-ring (bicyclic) bond motifs is 1. The topological polar surface area (TPSA) is 110 Å². The second kappa shape index (κ2) is 8.69. The minimum absolute atomic E-state index is 0.0905. The number of oxazole rings is 1. The van der Waals surface area contributed by atoms with E-state index < -0.39 is 25.0 Å². The molecule has 11 heteroatoms. The second-order valence-electron chi connectivity index (χ2n) is 7.20. The summed E-state index contributed by atoms with van der Waals surface area (Å²) in [5.74, 6) is -0.211. The van der Waals surface area contributed by atoms with Gasteiger partial charge in [-0.2, -0.15) is 0 Å². The molecule has 0 fully saturated rings. The molecular formula is C21H19F2N5O4. The Kier molecular flexibility index (Phi) is 5.80. The van der Waals surface area contributed by atoms with E-state index in [0.717, 1.165) is 6.39 Å². The summed E-state index contributed by atoms with van der Waals surface area (Å²) in [6.07, 6.45) is 2.59. The summed E-state index contributed by atoms with van der Waals surface area (Å²) < 4.78 is 34.7. The summed E-state index contributed by atoms with van der Waals surface area (Å²) in [5.41, 5.74) is 2.31. The number of aromatic nitrogens is 3. The van der Waals surface area contributed by atoms with E-state index in [0.29, 0.717) is 22.4 Å². The lowest BCUT2D eigenvalue weighted by atomic mass is 10.1. The lowest BCUT2D eigenvalue weighted by Gasteiger charge is -2.24. The van der Waals surface area contributed by atoms with Gasteiger partial charge in [-0.1, -0.05) is 0 Å². The molecule has 3 aromatic heterocycles. The van der Waals surface area contributed by atoms with Crippen LogP contribution in [0.1, 0.15) is 50.6 Å². The molecule has 3 aromatic rings. The van der Waals surface area contributed by atoms with Crippen LogP contribution in [0.5, 0.6) is 5.75 Å². The lowest BCUT2D eigenvalue weighted by molar-refractivity contribution is 0.0710. The third-order valence-corrected chi connectivity index (χ3v) is 5.12. The van der Waals surface area contributed by atoms with Gasteiger partial charge in [0.2, 0.25) is 0 Å². The van der Waals surface area contributed by atoms with Crippen molar-refractivity contribution in [1.29, 1.82) is 0 Å². The Morgan fingerprint density at radius 2 is 2.16 bits per heavy atom. The van der Waals surface area contributed by atoms with E-state index in [9.17, 15) is 18.4 Å². The van der Waals surface area contributed by atoms with E-state index in [4.69, 9.17) is 9.15 Å². The third-order valence-electron chi connectivity index (χ3n) is 5.12. The van der Waals surface area contributed by atoms with Gasteiger partial charge >= 0.3 is 0 Å². The molecule has 0 saturated carbocycles. The van der Waals surface area contributed by atoms with Gasteiger partial charge in [-0.25, -0.2) is 18.7 Å². The Morgan fingerprint density at radius 3 is 2.84 bits per heavy atom. The molecule has 32 heavy (non-hydrogen) atoms. The summed E-state index contributed by atoms with van der Waals surface area (Å²) in [4.78, 5) is 39.2. The normalized spacial score (nSPS) is 13.9. The van der Waals surface area contributed by atoms with Crippen molar-refractivity contribution in [3.8, 4) is 5.75 Å². The monoisotopic (exact) mass is 443 g/mol. The standard InChI is InChI=1S/C21H19F2N5O4/c1-11-5-15(25-6-17(11)32-9-18(22)23)12(2)28-7-14-13(21(28)30)3-4-24-19(14)27-20(29)16-8-31-10-26-16/h3-6,8,10,12,18H,7,9H2,1-2H3,(H,24,27,29). The molecule has 1 aliphatic heterocycles. The molecule has 0 aliphatic carbocycles. The SMILES string of the molecule is Cc1cc(C(C)N2Cc3c(ccnc3NC(=O)c3cocn3)C2=O)ncc1OCC(F)F. The number of anilines is 1. The molecular weight excluding hydrogens is 424 g/mol. The summed E-state index contributed by atoms with van der Waals surface area (Å²) in [6, 6.07) is 2.88. The molecule has 4 heterocycles. The van der Waals surface area contributed by atoms with Crippen LogP contribution in [0.2, 0.25) is 0 Å². The molecule has 1 aliphatic rings. The van der Waals surface area contributed by atoms with Crippen molar-refractivity contribution in [2.24, 2.45) is 0 Å². The summed E-state index contributed by atoms with van der Waals surface area (Å²) in [7, 11) is 0. The first-order valence-corrected chi connectivity index (χ1v) is 9.71. The molecule has 1 atom stereocenters. The van der Waals surface area contributed by atoms with Gasteiger partial charge in [-0.15, -0.1) is 0 Å². The van der Waals surface area contributed by atoms with Gasteiger partial charge in [-0.05, 0) is 31.5 Å². The summed E-state index contributed by atoms with van der Waals surface area (Å²) in [5, 5.41) is 2.66. The van der Waals surface area contributed by atoms with E-state index in [2.05, 4.69) is 20.3 Å². The Balaban J connectivity index is 1.53. The number of rotatable bonds is 7. The number of halogens is 2. The highest BCUT2D eigenvalue weighted by Crippen LogP contribution is 2.34. The average Bonchev–Trinajstić information content (AvgIpc) is 3.42. The van der Waals surface area contributed by atoms with Crippen molar-refractivity contribution in [2.45, 2.75) is 32.9 Å². The molecule has 1 N–H and O–H groups in total. The van der Waals surface area contributed by atoms with Gasteiger partial charge in [0.15, 0.2) is 12.1 Å². The van der Waals surface area contributed by atoms with Crippen LogP contribution in [-0.2, 0) is 6.54 Å². The Labute approximate surface area is 181 Å². The number of amides is 2. The molecule has 2 amide bonds. The van der Waals surface area contributed by atoms with Crippen molar-refractivity contribution in [2.75, 3.05) is 11.9 Å². The number of hydrogen-bond acceptors (Lipinski definition) is 7. The maximum absolute atomic E-state index is 13.0. The Bertz CT molecular complexity index is 1150. The fourth-order valence-corrected chi connectivity index (χ4v) is 3.42. The van der Waals surface area contributed by atoms with Crippen molar-refractivity contribution < 1.29 is 27.5 Å². The minimum atomic E-state index is -2.58. The highest BCUT2D eigenvalue weighted by Gasteiger charge is 2.34. The molecule has 1 unspecified atom stereocenters. The maximum atomic E-state index is 13.0. The largest absolute Gasteiger partial charge is 0.486 e. The first-order valence-electron chi connectivity index (χ1n) is 9.71. The maximum Gasteiger partial charge on any atom is 0.278 e. The summed E-state index contributed by atoms with van der Waals surface area (Å²) in [6.45, 7) is 3.03. The fourth-order valence-electron chi connectivity index (χ4n) is 3.42. The molecule has 166 valence electrons. The van der Waals surface area contributed by atoms with Gasteiger partial charge in [0.05, 0.1) is 24.5 Å². The van der Waals surface area contributed by atoms with Crippen molar-refractivity contribution in [3.05, 3.63) is 65.3 Å². The second-order valence-corrected chi connectivity index (χ2v) is 7.20. The molecule has 0 bridgehead atoms. The van der Waals surface area contributed by atoms with E-state index in [1.54, 1.807) is 24.0 Å². The third kappa shape index (κ3) is 4.13. The van der Waals surface area contributed by atoms with Crippen LogP contribution < -0.4 is 10.1 Å². The zero-order chi connectivity index (χ0) is 22.8. The van der Waals surface area contributed by atoms with Crippen LogP contribution in [0.25, 0.3) is 0 Å². The number of nitrogens with zero attached hydrogens (tertiary/aromatic N) is 4. The lowest BCUT2D eigenvalue weighted by Crippen LogP contribution is -2.28. The van der Waals surface area contributed by atoms with Crippen LogP contribution in [0.3, 0.4) is 0 Å². The fraction of sp³-hybridized carbons (Fsp3) is 0.286. The first kappa shape index (κ1) is 21.3. The Morgan fingerprint density at radius 1 is 1.34 bits per heavy atom. The molecule has 4 rings (SSSR count). The van der Waals surface area contributed by atoms with E-state index in [-0.39, 0.29) is 29.7 Å². The number of aryl methyl sites for hydroxylation is 1. The zero-order valence-electron chi connectivity index (χ0n) is 17.2. The van der Waals surface area contributed by atoms with Crippen molar-refractivity contribution in [1.82, 2.24) is 19.9 Å². The first-order chi connectivity index (χ1) is 15.3. The van der Waals surface area contributed by atoms with Gasteiger partial charge < -0.3 is 19.4 Å². The van der Waals surface area contributed by atoms with Gasteiger partial charge in [0.1, 0.15) is 24.4 Å². The molecule has 0 radical (unpaired) electrons. The van der Waals surface area contributed by atoms with Crippen LogP contribution in [0.15, 0.2) is 41.6 Å². The molecule has 0 aromatic carbocycles. The van der Waals surface area contributed by atoms with Crippen LogP contribution in [0, 0.1) is 6.92 Å². The summed E-state index contributed by atoms with van der Waals surface area (Å²) >= 11 is 0. The highest BCUT2D eigenvalue weighted by molar-refractivity contribution is 6.05. The van der Waals surface area contributed by atoms with Gasteiger partial charge in [0, 0.05) is 17.3 Å².